The Balaban J connectivity index is 0.000000211. The highest BCUT2D eigenvalue weighted by Crippen LogP contribution is 2.31. The van der Waals surface area contributed by atoms with Crippen LogP contribution in [0.5, 0.6) is 11.5 Å². The van der Waals surface area contributed by atoms with Crippen molar-refractivity contribution in [3.8, 4) is 11.5 Å². The van der Waals surface area contributed by atoms with Crippen LogP contribution in [0.3, 0.4) is 0 Å². The van der Waals surface area contributed by atoms with E-state index in [1.54, 1.807) is 95.6 Å². The average molecular weight is 1070 g/mol. The van der Waals surface area contributed by atoms with E-state index in [9.17, 15) is 26.4 Å². The Labute approximate surface area is 437 Å². The molecule has 2 unspecified atom stereocenters. The molecule has 2 aliphatic heterocycles. The molecule has 72 heavy (non-hydrogen) atoms. The summed E-state index contributed by atoms with van der Waals surface area (Å²) in [7, 11) is -3.95. The summed E-state index contributed by atoms with van der Waals surface area (Å²) in [5.41, 5.74) is 1.01. The van der Waals surface area contributed by atoms with Crippen LogP contribution in [-0.2, 0) is 33.1 Å². The number of amides is 2. The highest BCUT2D eigenvalue weighted by molar-refractivity contribution is 7.91. The number of nitrogens with one attached hydrogen (secondary N) is 4. The molecule has 18 heteroatoms. The highest BCUT2D eigenvalue weighted by Gasteiger charge is 2.32. The molecule has 4 fully saturated rings. The number of rotatable bonds is 19. The number of carbonyl (C=O) groups excluding carboxylic acids is 2. The Bertz CT molecular complexity index is 2560. The summed E-state index contributed by atoms with van der Waals surface area (Å²) >= 11 is 2.46. The van der Waals surface area contributed by atoms with Crippen molar-refractivity contribution in [2.45, 2.75) is 156 Å². The van der Waals surface area contributed by atoms with Gasteiger partial charge in [-0.25, -0.2) is 16.8 Å². The Morgan fingerprint density at radius 2 is 1.08 bits per heavy atom. The molecule has 2 amide bonds. The molecule has 396 valence electrons. The fourth-order valence-electron chi connectivity index (χ4n) is 10.6. The van der Waals surface area contributed by atoms with Crippen molar-refractivity contribution in [3.05, 3.63) is 93.7 Å². The second-order valence-electron chi connectivity index (χ2n) is 19.9. The standard InChI is InChI=1S/2C27H39N3O4S2/c1-20(21-8-4-3-5-9-21)29-23-11-7-16-30(17-15-23)36(32,33)26-14-13-25(35-26)19-28-27(31)22-10-6-12-24(18-22)34-2;1-34-24-11-5-9-22(19-24)27(31)29-20-25-12-13-26(35-25)36(32,33)30-17-6-10-23(15-18-30)28-16-14-21-7-3-2-4-8-21/h6,10,12-14,18,20-21,23,29H,3-5,7-9,11,15-17,19H2,1-2H3,(H,28,31);5,9,11-13,19,21,23,28H,2-4,6-8,10,14-18,20H2,1H3,(H,29,31)/t20-,23?;/m1./s1. The lowest BCUT2D eigenvalue weighted by Crippen LogP contribution is -2.42. The van der Waals surface area contributed by atoms with E-state index >= 15 is 0 Å². The van der Waals surface area contributed by atoms with Gasteiger partial charge in [0.1, 0.15) is 19.9 Å². The van der Waals surface area contributed by atoms with Crippen LogP contribution < -0.4 is 30.7 Å². The molecule has 4 N–H and O–H groups in total. The van der Waals surface area contributed by atoms with Gasteiger partial charge in [-0.15, -0.1) is 22.7 Å². The van der Waals surface area contributed by atoms with Gasteiger partial charge in [0.25, 0.3) is 31.9 Å². The second-order valence-corrected chi connectivity index (χ2v) is 26.6. The van der Waals surface area contributed by atoms with E-state index in [0.717, 1.165) is 66.7 Å². The first-order valence-corrected chi connectivity index (χ1v) is 30.9. The number of methoxy groups -OCH3 is 2. The SMILES string of the molecule is COc1cccc(C(=O)NCc2ccc(S(=O)(=O)N3CCCC(NCCC4CCCCC4)CC3)s2)c1.COc1cccc(C(=O)NCc2ccc(S(=O)(=O)N3CCCC(N[C@H](C)C4CCCCC4)CC3)s2)c1. The molecular weight excluding hydrogens is 989 g/mol. The minimum atomic E-state index is -3.54. The molecule has 2 aliphatic carbocycles. The van der Waals surface area contributed by atoms with Crippen molar-refractivity contribution in [3.63, 3.8) is 0 Å². The molecule has 2 aromatic carbocycles. The number of hydrogen-bond donors (Lipinski definition) is 4. The summed E-state index contributed by atoms with van der Waals surface area (Å²) < 4.78 is 67.7. The number of thiophene rings is 2. The molecule has 2 aromatic heterocycles. The lowest BCUT2D eigenvalue weighted by atomic mass is 9.84. The summed E-state index contributed by atoms with van der Waals surface area (Å²) in [6, 6.07) is 22.1. The molecule has 4 aliphatic rings. The minimum absolute atomic E-state index is 0.221. The first-order valence-electron chi connectivity index (χ1n) is 26.3. The third kappa shape index (κ3) is 16.1. The molecule has 4 heterocycles. The molecule has 2 saturated heterocycles. The average Bonchev–Trinajstić information content (AvgIpc) is 3.97. The summed E-state index contributed by atoms with van der Waals surface area (Å²) in [6.45, 7) is 6.10. The van der Waals surface area contributed by atoms with Crippen LogP contribution >= 0.6 is 22.7 Å². The van der Waals surface area contributed by atoms with E-state index in [-0.39, 0.29) is 24.9 Å². The van der Waals surface area contributed by atoms with Crippen molar-refractivity contribution < 1.29 is 35.9 Å². The number of ether oxygens (including phenoxy) is 2. The normalized spacial score (nSPS) is 20.5. The Hall–Kier alpha value is -3.88. The lowest BCUT2D eigenvalue weighted by Gasteiger charge is -2.31. The summed E-state index contributed by atoms with van der Waals surface area (Å²) in [5, 5.41) is 13.3. The minimum Gasteiger partial charge on any atom is -0.497 e. The van der Waals surface area contributed by atoms with Crippen LogP contribution in [0.2, 0.25) is 0 Å². The fourth-order valence-corrected chi connectivity index (χ4v) is 16.5. The molecule has 0 spiro atoms. The van der Waals surface area contributed by atoms with Crippen LogP contribution in [0.25, 0.3) is 0 Å². The third-order valence-electron chi connectivity index (χ3n) is 14.9. The maximum Gasteiger partial charge on any atom is 0.252 e. The maximum absolute atomic E-state index is 13.4. The molecule has 0 radical (unpaired) electrons. The predicted molar refractivity (Wildman–Crippen MR) is 288 cm³/mol. The number of nitrogens with zero attached hydrogens (tertiary/aromatic N) is 2. The van der Waals surface area contributed by atoms with Crippen molar-refractivity contribution >= 4 is 54.5 Å². The van der Waals surface area contributed by atoms with E-state index in [0.29, 0.717) is 75.3 Å². The van der Waals surface area contributed by atoms with E-state index in [2.05, 4.69) is 28.2 Å². The van der Waals surface area contributed by atoms with Crippen molar-refractivity contribution in [2.24, 2.45) is 11.8 Å². The fraction of sp³-hybridized carbons (Fsp3) is 0.593. The van der Waals surface area contributed by atoms with Crippen molar-refractivity contribution in [1.29, 1.82) is 0 Å². The van der Waals surface area contributed by atoms with Crippen LogP contribution in [-0.4, -0.2) is 102 Å². The Morgan fingerprint density at radius 3 is 1.60 bits per heavy atom. The number of benzene rings is 2. The van der Waals surface area contributed by atoms with Gasteiger partial charge < -0.3 is 30.7 Å². The highest BCUT2D eigenvalue weighted by atomic mass is 32.3. The number of hydrogen-bond acceptors (Lipinski definition) is 12. The van der Waals surface area contributed by atoms with E-state index in [1.165, 1.54) is 93.3 Å². The molecule has 8 rings (SSSR count). The smallest absolute Gasteiger partial charge is 0.252 e. The first-order chi connectivity index (χ1) is 34.8. The number of sulfonamides is 2. The zero-order valence-electron chi connectivity index (χ0n) is 42.6. The van der Waals surface area contributed by atoms with Gasteiger partial charge in [0.2, 0.25) is 0 Å². The topological polar surface area (TPSA) is 175 Å². The van der Waals surface area contributed by atoms with E-state index in [4.69, 9.17) is 9.47 Å². The van der Waals surface area contributed by atoms with Gasteiger partial charge >= 0.3 is 0 Å². The zero-order chi connectivity index (χ0) is 50.9. The molecular formula is C54H78N6O8S4. The monoisotopic (exact) mass is 1070 g/mol. The van der Waals surface area contributed by atoms with Gasteiger partial charge in [-0.1, -0.05) is 63.5 Å². The molecule has 14 nitrogen and oxygen atoms in total. The van der Waals surface area contributed by atoms with Crippen LogP contribution in [0, 0.1) is 11.8 Å². The van der Waals surface area contributed by atoms with Gasteiger partial charge in [0.05, 0.1) is 27.3 Å². The quantitative estimate of drug-likeness (QED) is 0.0708. The van der Waals surface area contributed by atoms with Gasteiger partial charge in [-0.05, 0) is 144 Å². The van der Waals surface area contributed by atoms with Gasteiger partial charge in [-0.3, -0.25) is 9.59 Å². The summed E-state index contributed by atoms with van der Waals surface area (Å²) in [6.07, 6.45) is 20.2. The Kier molecular flexibility index (Phi) is 21.4. The first kappa shape index (κ1) is 55.9. The van der Waals surface area contributed by atoms with Crippen LogP contribution in [0.1, 0.15) is 147 Å². The molecule has 3 atom stereocenters. The van der Waals surface area contributed by atoms with E-state index in [1.807, 2.05) is 0 Å². The second kappa shape index (κ2) is 27.6. The predicted octanol–water partition coefficient (Wildman–Crippen LogP) is 9.58. The lowest BCUT2D eigenvalue weighted by molar-refractivity contribution is 0.0943. The third-order valence-corrected chi connectivity index (χ3v) is 21.8. The van der Waals surface area contributed by atoms with Crippen LogP contribution in [0.4, 0.5) is 0 Å². The molecule has 2 saturated carbocycles. The van der Waals surface area contributed by atoms with Crippen molar-refractivity contribution in [2.75, 3.05) is 46.9 Å². The summed E-state index contributed by atoms with van der Waals surface area (Å²) in [5.74, 6) is 2.40. The molecule has 4 aromatic rings. The van der Waals surface area contributed by atoms with Gasteiger partial charge in [0.15, 0.2) is 0 Å². The summed E-state index contributed by atoms with van der Waals surface area (Å²) in [4.78, 5) is 26.6. The number of carbonyl (C=O) groups is 2. The van der Waals surface area contributed by atoms with Crippen molar-refractivity contribution in [1.82, 2.24) is 29.9 Å². The van der Waals surface area contributed by atoms with Gasteiger partial charge in [-0.2, -0.15) is 8.61 Å². The van der Waals surface area contributed by atoms with Gasteiger partial charge in [0, 0.05) is 65.2 Å². The Morgan fingerprint density at radius 1 is 0.597 bits per heavy atom. The maximum atomic E-state index is 13.4. The largest absolute Gasteiger partial charge is 0.497 e. The molecule has 0 bridgehead atoms. The zero-order valence-corrected chi connectivity index (χ0v) is 45.8. The van der Waals surface area contributed by atoms with Crippen LogP contribution in [0.15, 0.2) is 81.2 Å². The van der Waals surface area contributed by atoms with E-state index < -0.39 is 20.0 Å².